The smallest absolute Gasteiger partial charge is 0.271 e. The molecule has 0 radical (unpaired) electrons. The van der Waals surface area contributed by atoms with E-state index < -0.39 is 4.92 Å². The van der Waals surface area contributed by atoms with Gasteiger partial charge in [0.2, 0.25) is 0 Å². The van der Waals surface area contributed by atoms with Crippen LogP contribution in [0.25, 0.3) is 0 Å². The van der Waals surface area contributed by atoms with E-state index in [1.807, 2.05) is 0 Å². The van der Waals surface area contributed by atoms with Crippen molar-refractivity contribution in [3.05, 3.63) is 28.3 Å². The lowest BCUT2D eigenvalue weighted by molar-refractivity contribution is -0.384. The third-order valence-corrected chi connectivity index (χ3v) is 4.72. The molecule has 2 heterocycles. The fourth-order valence-corrected chi connectivity index (χ4v) is 3.60. The number of piperidine rings is 1. The third kappa shape index (κ3) is 2.68. The lowest BCUT2D eigenvalue weighted by Gasteiger charge is -2.48. The summed E-state index contributed by atoms with van der Waals surface area (Å²) < 4.78 is 0. The van der Waals surface area contributed by atoms with E-state index in [1.165, 1.54) is 31.9 Å². The lowest BCUT2D eigenvalue weighted by atomic mass is 9.96. The minimum atomic E-state index is -0.400. The number of fused-ring (bicyclic) bond motifs is 1. The normalized spacial score (nSPS) is 26.4. The topological polar surface area (TPSA) is 75.6 Å². The van der Waals surface area contributed by atoms with E-state index in [0.29, 0.717) is 17.8 Å². The van der Waals surface area contributed by atoms with Gasteiger partial charge in [0.25, 0.3) is 5.69 Å². The van der Waals surface area contributed by atoms with E-state index in [-0.39, 0.29) is 5.69 Å². The van der Waals surface area contributed by atoms with Gasteiger partial charge in [0.05, 0.1) is 16.3 Å². The minimum Gasteiger partial charge on any atom is -0.397 e. The second kappa shape index (κ2) is 5.52. The molecule has 0 spiro atoms. The van der Waals surface area contributed by atoms with Crippen LogP contribution in [0.5, 0.6) is 0 Å². The van der Waals surface area contributed by atoms with Crippen molar-refractivity contribution in [1.29, 1.82) is 0 Å². The second-order valence-electron chi connectivity index (χ2n) is 6.15. The van der Waals surface area contributed by atoms with Gasteiger partial charge in [-0.1, -0.05) is 6.42 Å². The molecule has 114 valence electrons. The number of nitrogens with zero attached hydrogens (tertiary/aromatic N) is 3. The molecule has 0 saturated carbocycles. The Kier molecular flexibility index (Phi) is 3.71. The van der Waals surface area contributed by atoms with Crippen molar-refractivity contribution in [2.24, 2.45) is 0 Å². The first-order chi connectivity index (χ1) is 10.1. The monoisotopic (exact) mass is 290 g/mol. The molecule has 2 fully saturated rings. The van der Waals surface area contributed by atoms with Gasteiger partial charge in [0.1, 0.15) is 0 Å². The first-order valence-electron chi connectivity index (χ1n) is 7.61. The van der Waals surface area contributed by atoms with Crippen LogP contribution >= 0.6 is 0 Å². The van der Waals surface area contributed by atoms with Crippen LogP contribution in [-0.4, -0.2) is 41.5 Å². The molecular weight excluding hydrogens is 268 g/mol. The highest BCUT2D eigenvalue weighted by molar-refractivity contribution is 5.71. The van der Waals surface area contributed by atoms with Crippen LogP contribution < -0.4 is 10.6 Å². The molecule has 6 nitrogen and oxygen atoms in total. The number of nitro groups is 1. The second-order valence-corrected chi connectivity index (χ2v) is 6.15. The average molecular weight is 290 g/mol. The summed E-state index contributed by atoms with van der Waals surface area (Å²) in [5, 5.41) is 10.8. The summed E-state index contributed by atoms with van der Waals surface area (Å²) in [5.41, 5.74) is 7.55. The number of benzene rings is 1. The van der Waals surface area contributed by atoms with E-state index in [1.54, 1.807) is 12.1 Å². The van der Waals surface area contributed by atoms with Crippen molar-refractivity contribution < 1.29 is 4.92 Å². The number of anilines is 2. The van der Waals surface area contributed by atoms with E-state index in [4.69, 9.17) is 5.73 Å². The number of non-ortho nitro benzene ring substituents is 1. The van der Waals surface area contributed by atoms with Gasteiger partial charge in [0, 0.05) is 37.3 Å². The van der Waals surface area contributed by atoms with Crippen LogP contribution in [0.2, 0.25) is 0 Å². The van der Waals surface area contributed by atoms with Crippen molar-refractivity contribution in [3.63, 3.8) is 0 Å². The molecule has 2 aliphatic heterocycles. The van der Waals surface area contributed by atoms with Crippen LogP contribution in [0.4, 0.5) is 17.1 Å². The Labute approximate surface area is 124 Å². The number of nitrogen functional groups attached to an aromatic ring is 1. The fraction of sp³-hybridized carbons (Fsp3) is 0.600. The highest BCUT2D eigenvalue weighted by atomic mass is 16.6. The molecule has 2 saturated heterocycles. The molecule has 1 aromatic carbocycles. The number of rotatable bonds is 2. The van der Waals surface area contributed by atoms with Gasteiger partial charge in [0.15, 0.2) is 0 Å². The zero-order chi connectivity index (χ0) is 15.0. The summed E-state index contributed by atoms with van der Waals surface area (Å²) in [7, 11) is 0. The highest BCUT2D eigenvalue weighted by Gasteiger charge is 2.33. The number of nitrogens with two attached hydrogens (primary N) is 1. The largest absolute Gasteiger partial charge is 0.397 e. The molecule has 0 aromatic heterocycles. The molecule has 21 heavy (non-hydrogen) atoms. The number of piperazine rings is 1. The zero-order valence-corrected chi connectivity index (χ0v) is 12.4. The maximum Gasteiger partial charge on any atom is 0.271 e. The SMILES string of the molecule is CC1CN2CCCCC2CN1c1ccc([N+](=O)[O-])cc1N. The first kappa shape index (κ1) is 14.1. The molecule has 1 aromatic rings. The summed E-state index contributed by atoms with van der Waals surface area (Å²) >= 11 is 0. The maximum absolute atomic E-state index is 10.8. The van der Waals surface area contributed by atoms with E-state index in [9.17, 15) is 10.1 Å². The molecule has 0 amide bonds. The van der Waals surface area contributed by atoms with Crippen LogP contribution in [0.15, 0.2) is 18.2 Å². The van der Waals surface area contributed by atoms with E-state index in [0.717, 1.165) is 18.8 Å². The molecule has 6 heteroatoms. The van der Waals surface area contributed by atoms with Crippen molar-refractivity contribution in [3.8, 4) is 0 Å². The van der Waals surface area contributed by atoms with Gasteiger partial charge in [-0.05, 0) is 32.4 Å². The molecule has 0 aliphatic carbocycles. The van der Waals surface area contributed by atoms with Gasteiger partial charge >= 0.3 is 0 Å². The van der Waals surface area contributed by atoms with Crippen LogP contribution in [-0.2, 0) is 0 Å². The predicted octanol–water partition coefficient (Wildman–Crippen LogP) is 2.24. The summed E-state index contributed by atoms with van der Waals surface area (Å²) in [6.07, 6.45) is 3.82. The summed E-state index contributed by atoms with van der Waals surface area (Å²) in [4.78, 5) is 15.3. The maximum atomic E-state index is 10.8. The Morgan fingerprint density at radius 1 is 1.33 bits per heavy atom. The first-order valence-corrected chi connectivity index (χ1v) is 7.61. The third-order valence-electron chi connectivity index (χ3n) is 4.72. The summed E-state index contributed by atoms with van der Waals surface area (Å²) in [6, 6.07) is 5.77. The Morgan fingerprint density at radius 3 is 2.86 bits per heavy atom. The van der Waals surface area contributed by atoms with Gasteiger partial charge in [-0.3, -0.25) is 15.0 Å². The van der Waals surface area contributed by atoms with Crippen molar-refractivity contribution in [2.45, 2.75) is 38.3 Å². The molecule has 3 rings (SSSR count). The van der Waals surface area contributed by atoms with Crippen LogP contribution in [0.1, 0.15) is 26.2 Å². The number of nitro benzene ring substituents is 1. The number of hydrogen-bond acceptors (Lipinski definition) is 5. The zero-order valence-electron chi connectivity index (χ0n) is 12.4. The quantitative estimate of drug-likeness (QED) is 0.513. The average Bonchev–Trinajstić information content (AvgIpc) is 2.46. The van der Waals surface area contributed by atoms with Crippen LogP contribution in [0, 0.1) is 10.1 Å². The molecular formula is C15H22N4O2. The highest BCUT2D eigenvalue weighted by Crippen LogP contribution is 2.33. The molecule has 2 aliphatic rings. The Bertz CT molecular complexity index is 548. The van der Waals surface area contributed by atoms with Gasteiger partial charge in [-0.25, -0.2) is 0 Å². The Morgan fingerprint density at radius 2 is 2.14 bits per heavy atom. The van der Waals surface area contributed by atoms with Crippen LogP contribution in [0.3, 0.4) is 0 Å². The van der Waals surface area contributed by atoms with Crippen molar-refractivity contribution >= 4 is 17.1 Å². The van der Waals surface area contributed by atoms with Gasteiger partial charge < -0.3 is 10.6 Å². The number of hydrogen-bond donors (Lipinski definition) is 1. The van der Waals surface area contributed by atoms with Crippen molar-refractivity contribution in [1.82, 2.24) is 4.90 Å². The molecule has 2 unspecified atom stereocenters. The van der Waals surface area contributed by atoms with Crippen molar-refractivity contribution in [2.75, 3.05) is 30.3 Å². The predicted molar refractivity (Wildman–Crippen MR) is 83.5 cm³/mol. The molecule has 0 bridgehead atoms. The van der Waals surface area contributed by atoms with E-state index >= 15 is 0 Å². The molecule has 2 N–H and O–H groups in total. The standard InChI is InChI=1S/C15H22N4O2/c1-11-9-17-7-3-2-4-13(17)10-18(11)15-6-5-12(19(20)21)8-14(15)16/h5-6,8,11,13H,2-4,7,9-10,16H2,1H3. The van der Waals surface area contributed by atoms with Gasteiger partial charge in [-0.15, -0.1) is 0 Å². The molecule has 2 atom stereocenters. The lowest BCUT2D eigenvalue weighted by Crippen LogP contribution is -2.59. The van der Waals surface area contributed by atoms with Gasteiger partial charge in [-0.2, -0.15) is 0 Å². The summed E-state index contributed by atoms with van der Waals surface area (Å²) in [5.74, 6) is 0. The summed E-state index contributed by atoms with van der Waals surface area (Å²) in [6.45, 7) is 5.40. The Hall–Kier alpha value is -1.82. The minimum absolute atomic E-state index is 0.0557. The van der Waals surface area contributed by atoms with E-state index in [2.05, 4.69) is 16.7 Å². The Balaban J connectivity index is 1.84. The fourth-order valence-electron chi connectivity index (χ4n) is 3.60.